The molecular formula is C24H24F2N4O2. The van der Waals surface area contributed by atoms with E-state index < -0.39 is 11.6 Å². The van der Waals surface area contributed by atoms with Crippen molar-refractivity contribution in [2.24, 2.45) is 5.73 Å². The van der Waals surface area contributed by atoms with Gasteiger partial charge in [0.1, 0.15) is 17.6 Å². The monoisotopic (exact) mass is 438 g/mol. The molecule has 1 aliphatic carbocycles. The van der Waals surface area contributed by atoms with Crippen LogP contribution in [-0.2, 0) is 0 Å². The van der Waals surface area contributed by atoms with E-state index in [0.29, 0.717) is 28.3 Å². The fraction of sp³-hybridized carbons (Fsp3) is 0.333. The van der Waals surface area contributed by atoms with Gasteiger partial charge in [-0.3, -0.25) is 0 Å². The van der Waals surface area contributed by atoms with Gasteiger partial charge in [0.15, 0.2) is 11.6 Å². The summed E-state index contributed by atoms with van der Waals surface area (Å²) in [5.74, 6) is -0.587. The van der Waals surface area contributed by atoms with Crippen molar-refractivity contribution in [1.82, 2.24) is 9.78 Å². The molecule has 2 aromatic carbocycles. The molecule has 0 unspecified atom stereocenters. The molecule has 3 aromatic rings. The number of methoxy groups -OCH3 is 2. The summed E-state index contributed by atoms with van der Waals surface area (Å²) in [4.78, 5) is 0. The van der Waals surface area contributed by atoms with E-state index in [2.05, 4.69) is 0 Å². The predicted octanol–water partition coefficient (Wildman–Crippen LogP) is 4.83. The third-order valence-corrected chi connectivity index (χ3v) is 5.95. The standard InChI is InChI=1S/C24H24F2N4O2/c1-31-21-10-5-14(11-20(21)26)22-23(15-3-4-16(13-27)19(25)12-15)29-30(24(22)32-2)18-8-6-17(28)7-9-18/h3-5,10-12,17-18H,6-9,28H2,1-2H3. The Kier molecular flexibility index (Phi) is 6.10. The Morgan fingerprint density at radius 3 is 2.28 bits per heavy atom. The molecule has 32 heavy (non-hydrogen) atoms. The summed E-state index contributed by atoms with van der Waals surface area (Å²) in [6, 6.07) is 11.0. The molecule has 0 atom stereocenters. The predicted molar refractivity (Wildman–Crippen MR) is 116 cm³/mol. The van der Waals surface area contributed by atoms with E-state index in [1.165, 1.54) is 38.5 Å². The highest BCUT2D eigenvalue weighted by molar-refractivity contribution is 5.85. The maximum Gasteiger partial charge on any atom is 0.220 e. The van der Waals surface area contributed by atoms with Crippen molar-refractivity contribution >= 4 is 0 Å². The lowest BCUT2D eigenvalue weighted by molar-refractivity contribution is 0.268. The minimum absolute atomic E-state index is 0.0570. The van der Waals surface area contributed by atoms with Crippen LogP contribution in [-0.4, -0.2) is 30.0 Å². The lowest BCUT2D eigenvalue weighted by atomic mass is 9.92. The molecule has 0 saturated heterocycles. The number of nitrogens with zero attached hydrogens (tertiary/aromatic N) is 3. The first-order chi connectivity index (χ1) is 15.5. The van der Waals surface area contributed by atoms with Crippen LogP contribution in [0.15, 0.2) is 36.4 Å². The number of benzene rings is 2. The van der Waals surface area contributed by atoms with Gasteiger partial charge >= 0.3 is 0 Å². The van der Waals surface area contributed by atoms with Crippen molar-refractivity contribution in [2.45, 2.75) is 37.8 Å². The van der Waals surface area contributed by atoms with Crippen molar-refractivity contribution in [3.8, 4) is 40.1 Å². The zero-order valence-corrected chi connectivity index (χ0v) is 17.9. The molecule has 166 valence electrons. The Labute approximate surface area is 185 Å². The third kappa shape index (κ3) is 3.92. The zero-order chi connectivity index (χ0) is 22.8. The topological polar surface area (TPSA) is 86.1 Å². The molecule has 2 N–H and O–H groups in total. The molecule has 0 radical (unpaired) electrons. The van der Waals surface area contributed by atoms with Crippen LogP contribution in [0.25, 0.3) is 22.4 Å². The maximum atomic E-state index is 14.6. The molecule has 8 heteroatoms. The van der Waals surface area contributed by atoms with Crippen LogP contribution in [0.4, 0.5) is 8.78 Å². The van der Waals surface area contributed by atoms with Crippen LogP contribution in [0.1, 0.15) is 37.3 Å². The molecule has 0 amide bonds. The third-order valence-electron chi connectivity index (χ3n) is 5.95. The van der Waals surface area contributed by atoms with Crippen LogP contribution < -0.4 is 15.2 Å². The zero-order valence-electron chi connectivity index (χ0n) is 17.9. The normalized spacial score (nSPS) is 18.2. The molecule has 0 bridgehead atoms. The van der Waals surface area contributed by atoms with E-state index in [4.69, 9.17) is 25.6 Å². The molecular weight excluding hydrogens is 414 g/mol. The first-order valence-electron chi connectivity index (χ1n) is 10.4. The number of halogens is 2. The Hall–Kier alpha value is -3.44. The van der Waals surface area contributed by atoms with Gasteiger partial charge in [0, 0.05) is 11.6 Å². The largest absolute Gasteiger partial charge is 0.494 e. The van der Waals surface area contributed by atoms with Crippen molar-refractivity contribution in [1.29, 1.82) is 5.26 Å². The second-order valence-corrected chi connectivity index (χ2v) is 7.90. The number of hydrogen-bond donors (Lipinski definition) is 1. The average Bonchev–Trinajstić information content (AvgIpc) is 3.19. The van der Waals surface area contributed by atoms with Gasteiger partial charge in [-0.2, -0.15) is 10.4 Å². The number of aromatic nitrogens is 2. The van der Waals surface area contributed by atoms with E-state index in [1.807, 2.05) is 6.07 Å². The second-order valence-electron chi connectivity index (χ2n) is 7.90. The Balaban J connectivity index is 1.92. The summed E-state index contributed by atoms with van der Waals surface area (Å²) in [6.45, 7) is 0. The summed E-state index contributed by atoms with van der Waals surface area (Å²) in [5, 5.41) is 13.9. The number of nitrogens with two attached hydrogens (primary N) is 1. The second kappa shape index (κ2) is 8.97. The number of ether oxygens (including phenoxy) is 2. The van der Waals surface area contributed by atoms with Crippen LogP contribution >= 0.6 is 0 Å². The van der Waals surface area contributed by atoms with Gasteiger partial charge in [-0.1, -0.05) is 12.1 Å². The van der Waals surface area contributed by atoms with Gasteiger partial charge in [-0.05, 0) is 55.5 Å². The van der Waals surface area contributed by atoms with Gasteiger partial charge in [-0.25, -0.2) is 13.5 Å². The molecule has 1 heterocycles. The summed E-state index contributed by atoms with van der Waals surface area (Å²) in [5.41, 5.74) is 8.01. The first kappa shape index (κ1) is 21.8. The highest BCUT2D eigenvalue weighted by atomic mass is 19.1. The minimum Gasteiger partial charge on any atom is -0.494 e. The molecule has 0 spiro atoms. The molecule has 1 fully saturated rings. The summed E-state index contributed by atoms with van der Waals surface area (Å²) in [7, 11) is 2.93. The van der Waals surface area contributed by atoms with Crippen LogP contribution in [0.2, 0.25) is 0 Å². The van der Waals surface area contributed by atoms with Gasteiger partial charge in [0.2, 0.25) is 5.88 Å². The van der Waals surface area contributed by atoms with Crippen molar-refractivity contribution in [2.75, 3.05) is 14.2 Å². The lowest BCUT2D eigenvalue weighted by Crippen LogP contribution is -2.28. The molecule has 1 saturated carbocycles. The van der Waals surface area contributed by atoms with Crippen LogP contribution in [0, 0.1) is 23.0 Å². The Morgan fingerprint density at radius 2 is 1.69 bits per heavy atom. The average molecular weight is 438 g/mol. The Morgan fingerprint density at radius 1 is 1.00 bits per heavy atom. The molecule has 6 nitrogen and oxygen atoms in total. The number of nitriles is 1. The van der Waals surface area contributed by atoms with Gasteiger partial charge < -0.3 is 15.2 Å². The highest BCUT2D eigenvalue weighted by Crippen LogP contribution is 2.43. The van der Waals surface area contributed by atoms with Crippen molar-refractivity contribution < 1.29 is 18.3 Å². The van der Waals surface area contributed by atoms with E-state index in [0.717, 1.165) is 25.7 Å². The van der Waals surface area contributed by atoms with Gasteiger partial charge in [-0.15, -0.1) is 0 Å². The summed E-state index contributed by atoms with van der Waals surface area (Å²) >= 11 is 0. The summed E-state index contributed by atoms with van der Waals surface area (Å²) < 4.78 is 41.6. The van der Waals surface area contributed by atoms with E-state index in [9.17, 15) is 8.78 Å². The molecule has 4 rings (SSSR count). The SMILES string of the molecule is COc1ccc(-c2c(-c3ccc(C#N)c(F)c3)nn(C3CCC(N)CC3)c2OC)cc1F. The Bertz CT molecular complexity index is 1180. The van der Waals surface area contributed by atoms with Gasteiger partial charge in [0.05, 0.1) is 31.4 Å². The number of hydrogen-bond acceptors (Lipinski definition) is 5. The fourth-order valence-corrected chi connectivity index (χ4v) is 4.25. The first-order valence-corrected chi connectivity index (χ1v) is 10.4. The molecule has 1 aromatic heterocycles. The lowest BCUT2D eigenvalue weighted by Gasteiger charge is -2.27. The highest BCUT2D eigenvalue weighted by Gasteiger charge is 2.29. The quantitative estimate of drug-likeness (QED) is 0.617. The van der Waals surface area contributed by atoms with Crippen LogP contribution in [0.3, 0.4) is 0 Å². The maximum absolute atomic E-state index is 14.6. The van der Waals surface area contributed by atoms with E-state index in [1.54, 1.807) is 16.8 Å². The minimum atomic E-state index is -0.644. The van der Waals surface area contributed by atoms with Crippen molar-refractivity contribution in [3.63, 3.8) is 0 Å². The van der Waals surface area contributed by atoms with Gasteiger partial charge in [0.25, 0.3) is 0 Å². The number of rotatable bonds is 5. The van der Waals surface area contributed by atoms with Crippen molar-refractivity contribution in [3.05, 3.63) is 53.6 Å². The fourth-order valence-electron chi connectivity index (χ4n) is 4.25. The summed E-state index contributed by atoms with van der Waals surface area (Å²) in [6.07, 6.45) is 3.38. The van der Waals surface area contributed by atoms with Crippen LogP contribution in [0.5, 0.6) is 11.6 Å². The molecule has 1 aliphatic rings. The van der Waals surface area contributed by atoms with E-state index in [-0.39, 0.29) is 23.4 Å². The smallest absolute Gasteiger partial charge is 0.220 e. The van der Waals surface area contributed by atoms with E-state index >= 15 is 0 Å². The molecule has 0 aliphatic heterocycles.